The van der Waals surface area contributed by atoms with Gasteiger partial charge in [0, 0.05) is 5.71 Å². The van der Waals surface area contributed by atoms with Crippen LogP contribution < -0.4 is 4.74 Å². The average Bonchev–Trinajstić information content (AvgIpc) is 2.34. The Bertz CT molecular complexity index is 517. The standard InChI is InChI=1S/C15H16FNO/c1-11-5-4-6-12(17)9-10-14(11)18-15-8-3-2-7-13(15)16/h2-3,7-10,17H,4-6H2,1H3/b10-9-,14-11?,17-12?. The number of rotatable bonds is 2. The molecule has 0 atom stereocenters. The first-order valence-corrected chi connectivity index (χ1v) is 6.04. The first kappa shape index (κ1) is 12.6. The topological polar surface area (TPSA) is 33.1 Å². The fourth-order valence-electron chi connectivity index (χ4n) is 1.84. The summed E-state index contributed by atoms with van der Waals surface area (Å²) in [6, 6.07) is 6.35. The summed E-state index contributed by atoms with van der Waals surface area (Å²) >= 11 is 0. The van der Waals surface area contributed by atoms with E-state index in [1.54, 1.807) is 30.4 Å². The second-order valence-corrected chi connectivity index (χ2v) is 4.39. The lowest BCUT2D eigenvalue weighted by atomic mass is 10.0. The number of halogens is 1. The number of ether oxygens (including phenoxy) is 1. The highest BCUT2D eigenvalue weighted by Crippen LogP contribution is 2.23. The molecule has 0 aliphatic heterocycles. The van der Waals surface area contributed by atoms with Crippen molar-refractivity contribution in [2.75, 3.05) is 0 Å². The lowest BCUT2D eigenvalue weighted by molar-refractivity contribution is 0.404. The van der Waals surface area contributed by atoms with Crippen LogP contribution in [-0.2, 0) is 0 Å². The summed E-state index contributed by atoms with van der Waals surface area (Å²) < 4.78 is 19.1. The van der Waals surface area contributed by atoms with Gasteiger partial charge in [0.15, 0.2) is 11.6 Å². The minimum absolute atomic E-state index is 0.226. The summed E-state index contributed by atoms with van der Waals surface area (Å²) in [7, 11) is 0. The molecule has 94 valence electrons. The highest BCUT2D eigenvalue weighted by molar-refractivity contribution is 5.92. The van der Waals surface area contributed by atoms with E-state index >= 15 is 0 Å². The van der Waals surface area contributed by atoms with E-state index in [9.17, 15) is 4.39 Å². The van der Waals surface area contributed by atoms with Gasteiger partial charge in [-0.25, -0.2) is 4.39 Å². The Morgan fingerprint density at radius 3 is 2.72 bits per heavy atom. The molecule has 0 fully saturated rings. The second kappa shape index (κ2) is 5.63. The number of hydrogen-bond acceptors (Lipinski definition) is 2. The van der Waals surface area contributed by atoms with Gasteiger partial charge in [-0.2, -0.15) is 0 Å². The number of nitrogens with one attached hydrogen (secondary N) is 1. The first-order chi connectivity index (χ1) is 8.66. The molecule has 0 bridgehead atoms. The zero-order valence-electron chi connectivity index (χ0n) is 10.4. The zero-order chi connectivity index (χ0) is 13.0. The fourth-order valence-corrected chi connectivity index (χ4v) is 1.84. The van der Waals surface area contributed by atoms with Gasteiger partial charge in [0.25, 0.3) is 0 Å². The Morgan fingerprint density at radius 2 is 1.94 bits per heavy atom. The minimum Gasteiger partial charge on any atom is -0.454 e. The van der Waals surface area contributed by atoms with Crippen molar-refractivity contribution >= 4 is 5.71 Å². The molecule has 0 radical (unpaired) electrons. The van der Waals surface area contributed by atoms with Crippen LogP contribution in [0.1, 0.15) is 26.2 Å². The summed E-state index contributed by atoms with van der Waals surface area (Å²) in [4.78, 5) is 0. The molecule has 1 N–H and O–H groups in total. The molecule has 0 heterocycles. The molecule has 1 aliphatic rings. The third-order valence-electron chi connectivity index (χ3n) is 2.91. The van der Waals surface area contributed by atoms with Gasteiger partial charge in [-0.3, -0.25) is 0 Å². The smallest absolute Gasteiger partial charge is 0.165 e. The van der Waals surface area contributed by atoms with Crippen molar-refractivity contribution in [2.24, 2.45) is 0 Å². The van der Waals surface area contributed by atoms with Crippen molar-refractivity contribution in [1.29, 1.82) is 5.41 Å². The molecule has 0 saturated heterocycles. The van der Waals surface area contributed by atoms with Gasteiger partial charge in [0.05, 0.1) is 0 Å². The molecular formula is C15H16FNO. The lowest BCUT2D eigenvalue weighted by Gasteiger charge is -2.13. The highest BCUT2D eigenvalue weighted by atomic mass is 19.1. The Kier molecular flexibility index (Phi) is 3.92. The van der Waals surface area contributed by atoms with Crippen LogP contribution >= 0.6 is 0 Å². The maximum atomic E-state index is 13.5. The molecule has 1 aromatic rings. The molecule has 0 unspecified atom stereocenters. The van der Waals surface area contributed by atoms with Gasteiger partial charge in [-0.1, -0.05) is 12.1 Å². The van der Waals surface area contributed by atoms with Gasteiger partial charge in [0.2, 0.25) is 0 Å². The maximum absolute atomic E-state index is 13.5. The lowest BCUT2D eigenvalue weighted by Crippen LogP contribution is -2.03. The average molecular weight is 245 g/mol. The van der Waals surface area contributed by atoms with Crippen LogP contribution in [0.2, 0.25) is 0 Å². The molecule has 18 heavy (non-hydrogen) atoms. The van der Waals surface area contributed by atoms with Crippen LogP contribution in [0.15, 0.2) is 47.7 Å². The van der Waals surface area contributed by atoms with E-state index in [0.717, 1.165) is 24.8 Å². The van der Waals surface area contributed by atoms with Crippen molar-refractivity contribution < 1.29 is 9.13 Å². The van der Waals surface area contributed by atoms with Gasteiger partial charge in [-0.15, -0.1) is 0 Å². The molecular weight excluding hydrogens is 229 g/mol. The zero-order valence-corrected chi connectivity index (χ0v) is 10.4. The fraction of sp³-hybridized carbons (Fsp3) is 0.267. The minimum atomic E-state index is -0.372. The van der Waals surface area contributed by atoms with E-state index in [-0.39, 0.29) is 11.6 Å². The van der Waals surface area contributed by atoms with E-state index in [1.807, 2.05) is 6.92 Å². The number of benzene rings is 1. The third-order valence-corrected chi connectivity index (χ3v) is 2.91. The van der Waals surface area contributed by atoms with Gasteiger partial charge in [0.1, 0.15) is 5.76 Å². The predicted molar refractivity (Wildman–Crippen MR) is 70.4 cm³/mol. The van der Waals surface area contributed by atoms with Crippen molar-refractivity contribution in [3.63, 3.8) is 0 Å². The van der Waals surface area contributed by atoms with Crippen LogP contribution in [0.5, 0.6) is 5.75 Å². The van der Waals surface area contributed by atoms with E-state index in [2.05, 4.69) is 0 Å². The van der Waals surface area contributed by atoms with E-state index in [0.29, 0.717) is 11.5 Å². The van der Waals surface area contributed by atoms with Crippen LogP contribution in [0.25, 0.3) is 0 Å². The number of hydrogen-bond donors (Lipinski definition) is 1. The molecule has 0 amide bonds. The van der Waals surface area contributed by atoms with Crippen LogP contribution in [0, 0.1) is 11.2 Å². The normalized spacial score (nSPS) is 18.2. The molecule has 1 aromatic carbocycles. The first-order valence-electron chi connectivity index (χ1n) is 6.04. The Labute approximate surface area is 106 Å². The van der Waals surface area contributed by atoms with Crippen LogP contribution in [0.4, 0.5) is 4.39 Å². The predicted octanol–water partition coefficient (Wildman–Crippen LogP) is 4.24. The molecule has 0 aromatic heterocycles. The van der Waals surface area contributed by atoms with E-state index < -0.39 is 0 Å². The summed E-state index contributed by atoms with van der Waals surface area (Å²) in [5, 5.41) is 7.66. The summed E-state index contributed by atoms with van der Waals surface area (Å²) in [6.45, 7) is 1.98. The molecule has 2 nitrogen and oxygen atoms in total. The van der Waals surface area contributed by atoms with E-state index in [4.69, 9.17) is 10.1 Å². The van der Waals surface area contributed by atoms with Crippen molar-refractivity contribution in [3.05, 3.63) is 53.6 Å². The molecule has 3 heteroatoms. The van der Waals surface area contributed by atoms with Crippen LogP contribution in [-0.4, -0.2) is 5.71 Å². The van der Waals surface area contributed by atoms with Crippen molar-refractivity contribution in [3.8, 4) is 5.75 Å². The van der Waals surface area contributed by atoms with Crippen LogP contribution in [0.3, 0.4) is 0 Å². The SMILES string of the molecule is CC1=C(Oc2ccccc2F)/C=C\C(=N)CCC1. The van der Waals surface area contributed by atoms with Gasteiger partial charge in [-0.05, 0) is 56.0 Å². The van der Waals surface area contributed by atoms with Crippen molar-refractivity contribution in [1.82, 2.24) is 0 Å². The second-order valence-electron chi connectivity index (χ2n) is 4.39. The van der Waals surface area contributed by atoms with Gasteiger partial charge >= 0.3 is 0 Å². The summed E-state index contributed by atoms with van der Waals surface area (Å²) in [5.41, 5.74) is 1.67. The van der Waals surface area contributed by atoms with E-state index in [1.165, 1.54) is 6.07 Å². The number of allylic oxidation sites excluding steroid dienone is 3. The van der Waals surface area contributed by atoms with Crippen molar-refractivity contribution in [2.45, 2.75) is 26.2 Å². The maximum Gasteiger partial charge on any atom is 0.165 e. The third kappa shape index (κ3) is 3.06. The Balaban J connectivity index is 2.25. The largest absolute Gasteiger partial charge is 0.454 e. The Morgan fingerprint density at radius 1 is 1.17 bits per heavy atom. The quantitative estimate of drug-likeness (QED) is 0.830. The molecule has 2 rings (SSSR count). The highest BCUT2D eigenvalue weighted by Gasteiger charge is 2.09. The van der Waals surface area contributed by atoms with Gasteiger partial charge < -0.3 is 10.1 Å². The summed E-state index contributed by atoms with van der Waals surface area (Å²) in [5.74, 6) is 0.497. The molecule has 0 saturated carbocycles. The molecule has 1 aliphatic carbocycles. The monoisotopic (exact) mass is 245 g/mol. The number of para-hydroxylation sites is 1. The Hall–Kier alpha value is -1.90. The summed E-state index contributed by atoms with van der Waals surface area (Å²) in [6.07, 6.45) is 6.05. The molecule has 0 spiro atoms.